The zero-order valence-corrected chi connectivity index (χ0v) is 8.50. The van der Waals surface area contributed by atoms with Crippen molar-refractivity contribution in [3.63, 3.8) is 0 Å². The van der Waals surface area contributed by atoms with Crippen LogP contribution in [-0.2, 0) is 0 Å². The van der Waals surface area contributed by atoms with Gasteiger partial charge in [-0.15, -0.1) is 0 Å². The summed E-state index contributed by atoms with van der Waals surface area (Å²) in [6.45, 7) is 5.21. The van der Waals surface area contributed by atoms with Gasteiger partial charge in [0.15, 0.2) is 0 Å². The summed E-state index contributed by atoms with van der Waals surface area (Å²) in [5.74, 6) is 0.0136. The van der Waals surface area contributed by atoms with Crippen LogP contribution in [-0.4, -0.2) is 48.3 Å². The lowest BCUT2D eigenvalue weighted by molar-refractivity contribution is 0.173. The number of hydrogen-bond donors (Lipinski definition) is 2. The third-order valence-corrected chi connectivity index (χ3v) is 1.81. The topological polar surface area (TPSA) is 73.4 Å². The third-order valence-electron chi connectivity index (χ3n) is 1.81. The summed E-state index contributed by atoms with van der Waals surface area (Å²) in [6.07, 6.45) is 0. The minimum absolute atomic E-state index is 0.0136. The van der Waals surface area contributed by atoms with Crippen LogP contribution in [0.15, 0.2) is 0 Å². The van der Waals surface area contributed by atoms with Gasteiger partial charge in [-0.1, -0.05) is 0 Å². The van der Waals surface area contributed by atoms with Crippen LogP contribution < -0.4 is 5.73 Å². The fourth-order valence-corrected chi connectivity index (χ4v) is 0.897. The van der Waals surface area contributed by atoms with E-state index in [0.29, 0.717) is 13.1 Å². The van der Waals surface area contributed by atoms with Crippen LogP contribution in [0.3, 0.4) is 0 Å². The van der Waals surface area contributed by atoms with E-state index in [1.807, 2.05) is 13.8 Å². The second-order valence-corrected chi connectivity index (χ2v) is 2.84. The molecule has 0 saturated heterocycles. The second-order valence-electron chi connectivity index (χ2n) is 2.84. The Morgan fingerprint density at radius 2 is 1.92 bits per heavy atom. The Morgan fingerprint density at radius 1 is 1.38 bits per heavy atom. The summed E-state index contributed by atoms with van der Waals surface area (Å²) < 4.78 is 0. The quantitative estimate of drug-likeness (QED) is 0.490. The molecule has 0 fully saturated rings. The smallest absolute Gasteiger partial charge is 0.320 e. The molecule has 76 valence electrons. The fourth-order valence-electron chi connectivity index (χ4n) is 0.897. The molecule has 3 N–H and O–H groups in total. The fraction of sp³-hybridized carbons (Fsp3) is 0.750. The van der Waals surface area contributed by atoms with E-state index in [9.17, 15) is 4.79 Å². The van der Waals surface area contributed by atoms with E-state index < -0.39 is 0 Å². The summed E-state index contributed by atoms with van der Waals surface area (Å²) in [4.78, 5) is 14.7. The highest BCUT2D eigenvalue weighted by molar-refractivity contribution is 5.84. The van der Waals surface area contributed by atoms with E-state index >= 15 is 0 Å². The Bertz CT molecular complexity index is 193. The van der Waals surface area contributed by atoms with Crippen molar-refractivity contribution in [1.29, 1.82) is 5.41 Å². The number of carbonyl (C=O) groups excluding carboxylic acids is 1. The van der Waals surface area contributed by atoms with Gasteiger partial charge in [-0.3, -0.25) is 5.41 Å². The first kappa shape index (κ1) is 11.7. The molecule has 5 nitrogen and oxygen atoms in total. The number of rotatable bonds is 4. The van der Waals surface area contributed by atoms with Gasteiger partial charge in [0.2, 0.25) is 0 Å². The molecule has 0 aromatic heterocycles. The summed E-state index contributed by atoms with van der Waals surface area (Å²) in [5, 5.41) is 7.08. The van der Waals surface area contributed by atoms with E-state index in [2.05, 4.69) is 0 Å². The van der Waals surface area contributed by atoms with Gasteiger partial charge < -0.3 is 15.5 Å². The largest absolute Gasteiger partial charge is 0.386 e. The predicted octanol–water partition coefficient (Wildman–Crippen LogP) is 0.316. The van der Waals surface area contributed by atoms with Gasteiger partial charge in [-0.25, -0.2) is 4.79 Å². The van der Waals surface area contributed by atoms with Crippen LogP contribution in [0.25, 0.3) is 0 Å². The zero-order chi connectivity index (χ0) is 10.4. The standard InChI is InChI=1S/C8H18N4O/c1-4-11(3)8(13)12(5-2)6-7(9)10/h4-6H2,1-3H3,(H3,9,10). The van der Waals surface area contributed by atoms with E-state index in [1.54, 1.807) is 11.9 Å². The molecule has 0 atom stereocenters. The van der Waals surface area contributed by atoms with Gasteiger partial charge in [-0.2, -0.15) is 0 Å². The van der Waals surface area contributed by atoms with Crippen molar-refractivity contribution in [2.75, 3.05) is 26.7 Å². The minimum atomic E-state index is -0.0831. The highest BCUT2D eigenvalue weighted by atomic mass is 16.2. The molecule has 2 amide bonds. The maximum absolute atomic E-state index is 11.5. The minimum Gasteiger partial charge on any atom is -0.386 e. The number of amides is 2. The number of nitrogens with two attached hydrogens (primary N) is 1. The van der Waals surface area contributed by atoms with Crippen molar-refractivity contribution in [3.8, 4) is 0 Å². The first-order valence-corrected chi connectivity index (χ1v) is 4.35. The molecular formula is C8H18N4O. The van der Waals surface area contributed by atoms with E-state index in [0.717, 1.165) is 0 Å². The predicted molar refractivity (Wildman–Crippen MR) is 52.9 cm³/mol. The molecular weight excluding hydrogens is 168 g/mol. The molecule has 0 spiro atoms. The molecule has 5 heteroatoms. The van der Waals surface area contributed by atoms with Crippen LogP contribution in [0.1, 0.15) is 13.8 Å². The van der Waals surface area contributed by atoms with Crippen LogP contribution in [0.4, 0.5) is 4.79 Å². The molecule has 0 aliphatic rings. The van der Waals surface area contributed by atoms with Gasteiger partial charge in [-0.05, 0) is 13.8 Å². The summed E-state index contributed by atoms with van der Waals surface area (Å²) >= 11 is 0. The summed E-state index contributed by atoms with van der Waals surface area (Å²) in [7, 11) is 1.73. The second kappa shape index (κ2) is 5.40. The monoisotopic (exact) mass is 186 g/mol. The Labute approximate surface area is 79.0 Å². The number of likely N-dealkylation sites (N-methyl/N-ethyl adjacent to an activating group) is 1. The maximum Gasteiger partial charge on any atom is 0.320 e. The lowest BCUT2D eigenvalue weighted by Gasteiger charge is -2.25. The molecule has 0 aliphatic carbocycles. The van der Waals surface area contributed by atoms with Crippen molar-refractivity contribution < 1.29 is 4.79 Å². The van der Waals surface area contributed by atoms with Crippen molar-refractivity contribution in [1.82, 2.24) is 9.80 Å². The average Bonchev–Trinajstić information content (AvgIpc) is 2.11. The first-order valence-electron chi connectivity index (χ1n) is 4.35. The summed E-state index contributed by atoms with van der Waals surface area (Å²) in [5.41, 5.74) is 5.22. The first-order chi connectivity index (χ1) is 6.02. The van der Waals surface area contributed by atoms with Crippen molar-refractivity contribution in [2.45, 2.75) is 13.8 Å². The molecule has 0 saturated carbocycles. The maximum atomic E-state index is 11.5. The Hall–Kier alpha value is -1.26. The van der Waals surface area contributed by atoms with Crippen LogP contribution in [0.2, 0.25) is 0 Å². The van der Waals surface area contributed by atoms with Gasteiger partial charge in [0.05, 0.1) is 6.54 Å². The molecule has 0 aliphatic heterocycles. The third kappa shape index (κ3) is 3.78. The van der Waals surface area contributed by atoms with Gasteiger partial charge in [0, 0.05) is 20.1 Å². The lowest BCUT2D eigenvalue weighted by atomic mass is 10.4. The Balaban J connectivity index is 4.22. The number of urea groups is 1. The van der Waals surface area contributed by atoms with Gasteiger partial charge >= 0.3 is 6.03 Å². The van der Waals surface area contributed by atoms with E-state index in [4.69, 9.17) is 11.1 Å². The lowest BCUT2D eigenvalue weighted by Crippen LogP contribution is -2.44. The molecule has 0 unspecified atom stereocenters. The number of nitrogens with zero attached hydrogens (tertiary/aromatic N) is 2. The SMILES string of the molecule is CCN(C)C(=O)N(CC)CC(=N)N. The summed E-state index contributed by atoms with van der Waals surface area (Å²) in [6, 6.07) is -0.0831. The number of amidine groups is 1. The Kier molecular flexibility index (Phi) is 4.87. The molecule has 0 aromatic carbocycles. The molecule has 13 heavy (non-hydrogen) atoms. The zero-order valence-electron chi connectivity index (χ0n) is 8.50. The van der Waals surface area contributed by atoms with Gasteiger partial charge in [0.25, 0.3) is 0 Å². The number of carbonyl (C=O) groups is 1. The molecule has 0 radical (unpaired) electrons. The highest BCUT2D eigenvalue weighted by Crippen LogP contribution is 1.95. The van der Waals surface area contributed by atoms with Crippen molar-refractivity contribution in [3.05, 3.63) is 0 Å². The van der Waals surface area contributed by atoms with Gasteiger partial charge in [0.1, 0.15) is 5.84 Å². The normalized spacial score (nSPS) is 9.46. The Morgan fingerprint density at radius 3 is 2.23 bits per heavy atom. The van der Waals surface area contributed by atoms with Crippen LogP contribution in [0, 0.1) is 5.41 Å². The number of nitrogens with one attached hydrogen (secondary N) is 1. The van der Waals surface area contributed by atoms with Crippen LogP contribution in [0.5, 0.6) is 0 Å². The van der Waals surface area contributed by atoms with E-state index in [1.165, 1.54) is 4.90 Å². The van der Waals surface area contributed by atoms with E-state index in [-0.39, 0.29) is 18.4 Å². The highest BCUT2D eigenvalue weighted by Gasteiger charge is 2.15. The molecule has 0 bridgehead atoms. The van der Waals surface area contributed by atoms with Crippen molar-refractivity contribution >= 4 is 11.9 Å². The molecule has 0 heterocycles. The van der Waals surface area contributed by atoms with Crippen molar-refractivity contribution in [2.24, 2.45) is 5.73 Å². The number of hydrogen-bond acceptors (Lipinski definition) is 2. The van der Waals surface area contributed by atoms with Crippen LogP contribution >= 0.6 is 0 Å². The molecule has 0 aromatic rings. The average molecular weight is 186 g/mol. The molecule has 0 rings (SSSR count).